The lowest BCUT2D eigenvalue weighted by atomic mass is 10.0. The van der Waals surface area contributed by atoms with Gasteiger partial charge in [0.2, 0.25) is 8.41 Å². The number of carbonyl (C=O) groups excluding carboxylic acids is 1. The molecule has 96 valence electrons. The molecule has 16 heavy (non-hydrogen) atoms. The monoisotopic (exact) mass is 248 g/mol. The molecule has 4 heteroatoms. The lowest BCUT2D eigenvalue weighted by molar-refractivity contribution is -0.149. The van der Waals surface area contributed by atoms with Crippen LogP contribution in [-0.4, -0.2) is 20.5 Å². The number of halogens is 1. The molecule has 2 unspecified atom stereocenters. The zero-order valence-corrected chi connectivity index (χ0v) is 12.2. The highest BCUT2D eigenvalue weighted by atomic mass is 28.4. The predicted octanol–water partition coefficient (Wildman–Crippen LogP) is 3.92. The van der Waals surface area contributed by atoms with Gasteiger partial charge in [-0.25, -0.2) is 0 Å². The molecule has 0 radical (unpaired) electrons. The largest absolute Gasteiger partial charge is 0.462 e. The summed E-state index contributed by atoms with van der Waals surface area (Å²) in [5.74, 6) is -0.131. The molecular formula is C12H25FO2Si. The van der Waals surface area contributed by atoms with Crippen LogP contribution in [0.3, 0.4) is 0 Å². The van der Waals surface area contributed by atoms with Crippen molar-refractivity contribution in [3.63, 3.8) is 0 Å². The first kappa shape index (κ1) is 15.6. The minimum absolute atomic E-state index is 0.111. The summed E-state index contributed by atoms with van der Waals surface area (Å²) in [7, 11) is -2.56. The Morgan fingerprint density at radius 2 is 2.00 bits per heavy atom. The van der Waals surface area contributed by atoms with E-state index >= 15 is 0 Å². The number of hydrogen-bond acceptors (Lipinski definition) is 2. The molecule has 0 fully saturated rings. The van der Waals surface area contributed by atoms with E-state index in [1.54, 1.807) is 13.1 Å². The summed E-state index contributed by atoms with van der Waals surface area (Å²) in [5, 5.41) is 0. The standard InChI is InChI=1S/C12H25FO2Si/c1-6-7-8-12(15-11(3)14)10(2)9-16(4,5)13/h10,12H,6-9H2,1-5H3. The Morgan fingerprint density at radius 3 is 2.38 bits per heavy atom. The molecule has 0 aromatic rings. The molecule has 0 N–H and O–H groups in total. The first-order valence-electron chi connectivity index (χ1n) is 6.12. The Labute approximate surface area is 99.7 Å². The van der Waals surface area contributed by atoms with Crippen LogP contribution in [0, 0.1) is 5.92 Å². The average Bonchev–Trinajstić information content (AvgIpc) is 2.08. The smallest absolute Gasteiger partial charge is 0.302 e. The maximum Gasteiger partial charge on any atom is 0.302 e. The van der Waals surface area contributed by atoms with E-state index in [0.29, 0.717) is 6.04 Å². The van der Waals surface area contributed by atoms with Gasteiger partial charge in [-0.15, -0.1) is 0 Å². The predicted molar refractivity (Wildman–Crippen MR) is 67.6 cm³/mol. The Bertz CT molecular complexity index is 214. The fourth-order valence-electron chi connectivity index (χ4n) is 1.98. The van der Waals surface area contributed by atoms with Gasteiger partial charge in [-0.2, -0.15) is 0 Å². The molecular weight excluding hydrogens is 223 g/mol. The van der Waals surface area contributed by atoms with Gasteiger partial charge >= 0.3 is 5.97 Å². The van der Waals surface area contributed by atoms with Crippen LogP contribution in [0.2, 0.25) is 19.1 Å². The van der Waals surface area contributed by atoms with E-state index in [-0.39, 0.29) is 18.0 Å². The summed E-state index contributed by atoms with van der Waals surface area (Å²) in [6, 6.07) is 0.564. The molecule has 0 saturated carbocycles. The summed E-state index contributed by atoms with van der Waals surface area (Å²) < 4.78 is 18.9. The van der Waals surface area contributed by atoms with Crippen molar-refractivity contribution < 1.29 is 13.6 Å². The lowest BCUT2D eigenvalue weighted by Gasteiger charge is -2.26. The summed E-state index contributed by atoms with van der Waals surface area (Å²) in [4.78, 5) is 11.0. The van der Waals surface area contributed by atoms with Crippen molar-refractivity contribution in [3.8, 4) is 0 Å². The number of hydrogen-bond donors (Lipinski definition) is 0. The third-order valence-corrected chi connectivity index (χ3v) is 4.22. The van der Waals surface area contributed by atoms with E-state index in [1.165, 1.54) is 6.92 Å². The molecule has 0 amide bonds. The van der Waals surface area contributed by atoms with Crippen molar-refractivity contribution in [1.82, 2.24) is 0 Å². The molecule has 0 aromatic carbocycles. The second-order valence-electron chi connectivity index (χ2n) is 5.19. The molecule has 0 aliphatic carbocycles. The average molecular weight is 248 g/mol. The molecule has 0 aromatic heterocycles. The van der Waals surface area contributed by atoms with E-state index in [0.717, 1.165) is 19.3 Å². The van der Waals surface area contributed by atoms with Gasteiger partial charge in [-0.3, -0.25) is 4.79 Å². The maximum atomic E-state index is 13.7. The van der Waals surface area contributed by atoms with E-state index < -0.39 is 8.41 Å². The molecule has 0 spiro atoms. The third kappa shape index (κ3) is 7.85. The molecule has 0 heterocycles. The number of ether oxygens (including phenoxy) is 1. The maximum absolute atomic E-state index is 13.7. The van der Waals surface area contributed by atoms with Crippen molar-refractivity contribution in [1.29, 1.82) is 0 Å². The van der Waals surface area contributed by atoms with Gasteiger partial charge in [0.1, 0.15) is 6.10 Å². The first-order valence-corrected chi connectivity index (χ1v) is 9.21. The van der Waals surface area contributed by atoms with E-state index in [9.17, 15) is 8.90 Å². The fourth-order valence-corrected chi connectivity index (χ4v) is 3.77. The second kappa shape index (κ2) is 7.04. The number of rotatable bonds is 7. The SMILES string of the molecule is CCCCC(OC(C)=O)C(C)C[Si](C)(C)F. The minimum Gasteiger partial charge on any atom is -0.462 e. The summed E-state index contributed by atoms with van der Waals surface area (Å²) in [5.41, 5.74) is 0. The van der Waals surface area contributed by atoms with Crippen LogP contribution >= 0.6 is 0 Å². The van der Waals surface area contributed by atoms with Gasteiger partial charge in [-0.1, -0.05) is 26.7 Å². The van der Waals surface area contributed by atoms with Crippen LogP contribution < -0.4 is 0 Å². The van der Waals surface area contributed by atoms with Crippen molar-refractivity contribution in [2.75, 3.05) is 0 Å². The van der Waals surface area contributed by atoms with E-state index in [1.807, 2.05) is 6.92 Å². The van der Waals surface area contributed by atoms with Gasteiger partial charge in [0, 0.05) is 6.92 Å². The summed E-state index contributed by atoms with van der Waals surface area (Å²) in [6.45, 7) is 8.91. The molecule has 0 rings (SSSR count). The van der Waals surface area contributed by atoms with Gasteiger partial charge in [0.25, 0.3) is 0 Å². The summed E-state index contributed by atoms with van der Waals surface area (Å²) in [6.07, 6.45) is 2.83. The quantitative estimate of drug-likeness (QED) is 0.388. The fraction of sp³-hybridized carbons (Fsp3) is 0.917. The Hall–Kier alpha value is -0.383. The second-order valence-corrected chi connectivity index (χ2v) is 9.04. The lowest BCUT2D eigenvalue weighted by Crippen LogP contribution is -2.31. The number of unbranched alkanes of at least 4 members (excludes halogenated alkanes) is 1. The minimum atomic E-state index is -2.56. The molecule has 2 nitrogen and oxygen atoms in total. The normalized spacial score (nSPS) is 15.6. The third-order valence-electron chi connectivity index (χ3n) is 2.60. The van der Waals surface area contributed by atoms with Gasteiger partial charge in [0.05, 0.1) is 0 Å². The van der Waals surface area contributed by atoms with Crippen molar-refractivity contribution in [3.05, 3.63) is 0 Å². The Morgan fingerprint density at radius 1 is 1.44 bits per heavy atom. The van der Waals surface area contributed by atoms with Crippen LogP contribution in [0.25, 0.3) is 0 Å². The summed E-state index contributed by atoms with van der Waals surface area (Å²) >= 11 is 0. The zero-order chi connectivity index (χ0) is 12.8. The Balaban J connectivity index is 4.30. The first-order chi connectivity index (χ1) is 7.26. The van der Waals surface area contributed by atoms with E-state index in [4.69, 9.17) is 4.74 Å². The van der Waals surface area contributed by atoms with Crippen molar-refractivity contribution in [2.45, 2.75) is 65.3 Å². The van der Waals surface area contributed by atoms with Gasteiger partial charge < -0.3 is 8.84 Å². The van der Waals surface area contributed by atoms with Crippen molar-refractivity contribution >= 4 is 14.4 Å². The van der Waals surface area contributed by atoms with E-state index in [2.05, 4.69) is 6.92 Å². The van der Waals surface area contributed by atoms with Crippen LogP contribution in [0.1, 0.15) is 40.0 Å². The van der Waals surface area contributed by atoms with Crippen LogP contribution in [0.5, 0.6) is 0 Å². The van der Waals surface area contributed by atoms with Gasteiger partial charge in [-0.05, 0) is 31.5 Å². The molecule has 0 aliphatic rings. The van der Waals surface area contributed by atoms with Gasteiger partial charge in [0.15, 0.2) is 0 Å². The van der Waals surface area contributed by atoms with Crippen molar-refractivity contribution in [2.24, 2.45) is 5.92 Å². The highest BCUT2D eigenvalue weighted by molar-refractivity contribution is 6.70. The topological polar surface area (TPSA) is 26.3 Å². The van der Waals surface area contributed by atoms with Crippen LogP contribution in [-0.2, 0) is 9.53 Å². The molecule has 2 atom stereocenters. The Kier molecular flexibility index (Phi) is 6.87. The van der Waals surface area contributed by atoms with Crippen LogP contribution in [0.4, 0.5) is 4.11 Å². The number of esters is 1. The highest BCUT2D eigenvalue weighted by Gasteiger charge is 2.29. The molecule has 0 aliphatic heterocycles. The zero-order valence-electron chi connectivity index (χ0n) is 11.2. The van der Waals surface area contributed by atoms with Crippen LogP contribution in [0.15, 0.2) is 0 Å². The number of carbonyl (C=O) groups is 1. The molecule has 0 bridgehead atoms. The molecule has 0 saturated heterocycles. The highest BCUT2D eigenvalue weighted by Crippen LogP contribution is 2.25.